The summed E-state index contributed by atoms with van der Waals surface area (Å²) in [6, 6.07) is 0. The Labute approximate surface area is 221 Å². The Morgan fingerprint density at radius 1 is 0.771 bits per heavy atom. The molecule has 0 amide bonds. The largest absolute Gasteiger partial charge is 0.495 e. The zero-order valence-electron chi connectivity index (χ0n) is 25.7. The van der Waals surface area contributed by atoms with Gasteiger partial charge < -0.3 is 10.1 Å². The highest BCUT2D eigenvalue weighted by Crippen LogP contribution is 2.37. The number of rotatable bonds is 15. The van der Waals surface area contributed by atoms with Crippen molar-refractivity contribution in [3.63, 3.8) is 0 Å². The number of nitrogens with one attached hydrogen (secondary N) is 1. The van der Waals surface area contributed by atoms with Crippen LogP contribution >= 0.6 is 0 Å². The molecule has 0 spiro atoms. The van der Waals surface area contributed by atoms with Gasteiger partial charge in [-0.15, -0.1) is 0 Å². The molecule has 0 bridgehead atoms. The summed E-state index contributed by atoms with van der Waals surface area (Å²) in [5, 5.41) is 3.80. The first-order valence-electron chi connectivity index (χ1n) is 14.7. The summed E-state index contributed by atoms with van der Waals surface area (Å²) in [6.07, 6.45) is 16.2. The maximum Gasteiger partial charge on any atom is 0.0992 e. The van der Waals surface area contributed by atoms with Gasteiger partial charge in [0.1, 0.15) is 0 Å². The second kappa shape index (κ2) is 13.7. The summed E-state index contributed by atoms with van der Waals surface area (Å²) < 4.78 is 6.35. The van der Waals surface area contributed by atoms with Crippen molar-refractivity contribution in [1.29, 1.82) is 0 Å². The number of ether oxygens (including phenoxy) is 1. The molecule has 1 fully saturated rings. The van der Waals surface area contributed by atoms with Crippen LogP contribution in [-0.4, -0.2) is 17.2 Å². The van der Waals surface area contributed by atoms with E-state index in [4.69, 9.17) is 4.74 Å². The van der Waals surface area contributed by atoms with Crippen molar-refractivity contribution >= 4 is 0 Å². The van der Waals surface area contributed by atoms with Crippen LogP contribution < -0.4 is 5.32 Å². The normalized spacial score (nSPS) is 18.6. The molecule has 2 heteroatoms. The first-order valence-corrected chi connectivity index (χ1v) is 14.7. The lowest BCUT2D eigenvalue weighted by molar-refractivity contribution is 0.0417. The lowest BCUT2D eigenvalue weighted by Gasteiger charge is -2.46. The highest BCUT2D eigenvalue weighted by molar-refractivity contribution is 5.03. The predicted molar refractivity (Wildman–Crippen MR) is 157 cm³/mol. The van der Waals surface area contributed by atoms with Gasteiger partial charge in [-0.2, -0.15) is 0 Å². The minimum atomic E-state index is 0.239. The van der Waals surface area contributed by atoms with Gasteiger partial charge in [0.25, 0.3) is 0 Å². The number of hydrogen-bond acceptors (Lipinski definition) is 2. The molecule has 0 aromatic heterocycles. The molecule has 0 saturated carbocycles. The van der Waals surface area contributed by atoms with E-state index in [0.29, 0.717) is 0 Å². The molecule has 1 heterocycles. The molecule has 0 atom stereocenters. The first kappa shape index (κ1) is 32.3. The van der Waals surface area contributed by atoms with Crippen LogP contribution in [-0.2, 0) is 4.74 Å². The second-order valence-electron chi connectivity index (χ2n) is 15.6. The number of unbranched alkanes of at least 4 members (excludes halogenated alkanes) is 5. The van der Waals surface area contributed by atoms with E-state index in [1.807, 2.05) is 0 Å². The third-order valence-electron chi connectivity index (χ3n) is 7.10. The summed E-state index contributed by atoms with van der Waals surface area (Å²) >= 11 is 0. The van der Waals surface area contributed by atoms with Crippen molar-refractivity contribution in [2.24, 2.45) is 16.7 Å². The average molecular weight is 490 g/mol. The fraction of sp³-hybridized carbons (Fsp3) is 0.879. The van der Waals surface area contributed by atoms with Gasteiger partial charge in [-0.1, -0.05) is 86.0 Å². The predicted octanol–water partition coefficient (Wildman–Crippen LogP) is 10.4. The molecule has 0 radical (unpaired) electrons. The third-order valence-corrected chi connectivity index (χ3v) is 7.10. The lowest BCUT2D eigenvalue weighted by atomic mass is 9.73. The van der Waals surface area contributed by atoms with Crippen molar-refractivity contribution < 1.29 is 4.74 Å². The number of hydrogen-bond donors (Lipinski definition) is 1. The monoisotopic (exact) mass is 489 g/mol. The Balaban J connectivity index is 2.17. The van der Waals surface area contributed by atoms with Crippen molar-refractivity contribution in [1.82, 2.24) is 5.32 Å². The van der Waals surface area contributed by atoms with Crippen LogP contribution in [0.25, 0.3) is 0 Å². The van der Waals surface area contributed by atoms with Gasteiger partial charge in [-0.25, -0.2) is 0 Å². The fourth-order valence-corrected chi connectivity index (χ4v) is 6.41. The lowest BCUT2D eigenvalue weighted by Crippen LogP contribution is -2.57. The van der Waals surface area contributed by atoms with E-state index in [1.54, 1.807) is 0 Å². The molecule has 1 rings (SSSR count). The molecule has 0 aromatic carbocycles. The van der Waals surface area contributed by atoms with E-state index in [-0.39, 0.29) is 28.0 Å². The molecule has 1 aliphatic rings. The van der Waals surface area contributed by atoms with Gasteiger partial charge in [-0.05, 0) is 95.8 Å². The summed E-state index contributed by atoms with van der Waals surface area (Å²) in [7, 11) is 0. The van der Waals surface area contributed by atoms with Gasteiger partial charge in [-0.3, -0.25) is 0 Å². The van der Waals surface area contributed by atoms with Gasteiger partial charge in [0.05, 0.1) is 11.9 Å². The molecule has 1 N–H and O–H groups in total. The molecule has 2 nitrogen and oxygen atoms in total. The van der Waals surface area contributed by atoms with E-state index in [2.05, 4.69) is 87.7 Å². The maximum absolute atomic E-state index is 6.35. The highest BCUT2D eigenvalue weighted by atomic mass is 16.5. The van der Waals surface area contributed by atoms with E-state index in [0.717, 1.165) is 30.9 Å². The average Bonchev–Trinajstić information content (AvgIpc) is 2.58. The van der Waals surface area contributed by atoms with Gasteiger partial charge in [0, 0.05) is 17.5 Å². The van der Waals surface area contributed by atoms with E-state index < -0.39 is 0 Å². The SMILES string of the molecule is C=C(CCCCCCCCC(=C)OC(CC(C)(C)C)CC(C)(C)C)CC1CC(C)(C)NC(C)(C)C1. The molecule has 1 saturated heterocycles. The van der Waals surface area contributed by atoms with E-state index in [9.17, 15) is 0 Å². The minimum Gasteiger partial charge on any atom is -0.495 e. The summed E-state index contributed by atoms with van der Waals surface area (Å²) in [4.78, 5) is 0. The Hall–Kier alpha value is -0.760. The van der Waals surface area contributed by atoms with Crippen LogP contribution in [0.2, 0.25) is 0 Å². The Kier molecular flexibility index (Phi) is 12.6. The zero-order valence-corrected chi connectivity index (χ0v) is 25.7. The Morgan fingerprint density at radius 3 is 1.66 bits per heavy atom. The molecule has 206 valence electrons. The standard InChI is InChI=1S/C33H63NO/c1-26(21-28-22-32(9,10)34-33(11,12)23-28)19-17-15-13-14-16-18-20-27(2)35-29(24-30(3,4)5)25-31(6,7)8/h28-29,34H,1-2,13-25H2,3-12H3. The smallest absolute Gasteiger partial charge is 0.0992 e. The van der Waals surface area contributed by atoms with E-state index >= 15 is 0 Å². The summed E-state index contributed by atoms with van der Waals surface area (Å²) in [5.41, 5.74) is 2.51. The van der Waals surface area contributed by atoms with Crippen LogP contribution in [0.5, 0.6) is 0 Å². The molecule has 0 unspecified atom stereocenters. The molecule has 0 aliphatic carbocycles. The summed E-state index contributed by atoms with van der Waals surface area (Å²) in [6.45, 7) is 31.9. The molecule has 35 heavy (non-hydrogen) atoms. The second-order valence-corrected chi connectivity index (χ2v) is 15.6. The number of allylic oxidation sites excluding steroid dienone is 2. The Morgan fingerprint density at radius 2 is 1.20 bits per heavy atom. The van der Waals surface area contributed by atoms with Crippen LogP contribution in [0, 0.1) is 16.7 Å². The van der Waals surface area contributed by atoms with Crippen molar-refractivity contribution in [2.45, 2.75) is 170 Å². The quantitative estimate of drug-likeness (QED) is 0.140. The van der Waals surface area contributed by atoms with Gasteiger partial charge in [0.2, 0.25) is 0 Å². The topological polar surface area (TPSA) is 21.3 Å². The van der Waals surface area contributed by atoms with Crippen molar-refractivity contribution in [3.05, 3.63) is 24.5 Å². The van der Waals surface area contributed by atoms with E-state index in [1.165, 1.54) is 69.8 Å². The summed E-state index contributed by atoms with van der Waals surface area (Å²) in [5.74, 6) is 1.76. The molecule has 0 aromatic rings. The van der Waals surface area contributed by atoms with Crippen molar-refractivity contribution in [3.8, 4) is 0 Å². The van der Waals surface area contributed by atoms with Crippen LogP contribution in [0.15, 0.2) is 24.5 Å². The minimum absolute atomic E-state index is 0.239. The highest BCUT2D eigenvalue weighted by Gasteiger charge is 2.37. The fourth-order valence-electron chi connectivity index (χ4n) is 6.41. The number of piperidine rings is 1. The maximum atomic E-state index is 6.35. The van der Waals surface area contributed by atoms with Gasteiger partial charge >= 0.3 is 0 Å². The Bertz CT molecular complexity index is 611. The van der Waals surface area contributed by atoms with Crippen LogP contribution in [0.1, 0.15) is 153 Å². The van der Waals surface area contributed by atoms with Gasteiger partial charge in [0.15, 0.2) is 0 Å². The molecular formula is C33H63NO. The van der Waals surface area contributed by atoms with Crippen molar-refractivity contribution in [2.75, 3.05) is 0 Å². The van der Waals surface area contributed by atoms with Crippen LogP contribution in [0.4, 0.5) is 0 Å². The molecule has 1 aliphatic heterocycles. The van der Waals surface area contributed by atoms with Crippen LogP contribution in [0.3, 0.4) is 0 Å². The zero-order chi connectivity index (χ0) is 26.9. The first-order chi connectivity index (χ1) is 15.9. The molecular weight excluding hydrogens is 426 g/mol. The third kappa shape index (κ3) is 16.6.